The highest BCUT2D eigenvalue weighted by Crippen LogP contribution is 2.41. The van der Waals surface area contributed by atoms with Gasteiger partial charge in [-0.25, -0.2) is 4.79 Å². The Bertz CT molecular complexity index is 702. The number of hydrogen-bond acceptors (Lipinski definition) is 5. The maximum absolute atomic E-state index is 12.6. The highest BCUT2D eigenvalue weighted by atomic mass is 16.6. The molecule has 1 heterocycles. The van der Waals surface area contributed by atoms with Gasteiger partial charge in [0.15, 0.2) is 0 Å². The van der Waals surface area contributed by atoms with Gasteiger partial charge in [-0.2, -0.15) is 5.26 Å². The Kier molecular flexibility index (Phi) is 3.95. The van der Waals surface area contributed by atoms with Gasteiger partial charge in [0.25, 0.3) is 5.91 Å². The number of nitriles is 1. The van der Waals surface area contributed by atoms with Gasteiger partial charge >= 0.3 is 6.09 Å². The van der Waals surface area contributed by atoms with Gasteiger partial charge in [0.1, 0.15) is 17.4 Å². The minimum atomic E-state index is -1.83. The second-order valence-corrected chi connectivity index (χ2v) is 6.24. The fourth-order valence-corrected chi connectivity index (χ4v) is 2.42. The first-order valence-corrected chi connectivity index (χ1v) is 7.03. The van der Waals surface area contributed by atoms with Crippen LogP contribution >= 0.6 is 0 Å². The third kappa shape index (κ3) is 2.80. The van der Waals surface area contributed by atoms with E-state index in [9.17, 15) is 14.9 Å². The summed E-state index contributed by atoms with van der Waals surface area (Å²) in [4.78, 5) is 26.0. The molecule has 1 N–H and O–H groups in total. The van der Waals surface area contributed by atoms with Crippen LogP contribution in [0.4, 0.5) is 10.5 Å². The van der Waals surface area contributed by atoms with E-state index in [0.29, 0.717) is 17.0 Å². The topological polar surface area (TPSA) is 91.7 Å². The van der Waals surface area contributed by atoms with E-state index in [1.54, 1.807) is 46.0 Å². The number of amides is 2. The maximum Gasteiger partial charge on any atom is 0.409 e. The minimum Gasteiger partial charge on any atom is -0.497 e. The third-order valence-corrected chi connectivity index (χ3v) is 3.45. The van der Waals surface area contributed by atoms with E-state index in [4.69, 9.17) is 9.47 Å². The summed E-state index contributed by atoms with van der Waals surface area (Å²) in [6.07, 6.45) is -0.837. The molecule has 23 heavy (non-hydrogen) atoms. The van der Waals surface area contributed by atoms with Crippen LogP contribution in [0.15, 0.2) is 18.2 Å². The molecule has 0 fully saturated rings. The molecule has 0 bridgehead atoms. The van der Waals surface area contributed by atoms with Crippen LogP contribution in [0, 0.1) is 11.3 Å². The van der Waals surface area contributed by atoms with Crippen molar-refractivity contribution in [2.75, 3.05) is 19.1 Å². The van der Waals surface area contributed by atoms with Crippen LogP contribution in [0.1, 0.15) is 26.3 Å². The Balaban J connectivity index is 2.48. The molecular weight excluding hydrogens is 298 g/mol. The highest BCUT2D eigenvalue weighted by molar-refractivity contribution is 6.11. The van der Waals surface area contributed by atoms with Gasteiger partial charge in [-0.1, -0.05) is 0 Å². The van der Waals surface area contributed by atoms with Crippen molar-refractivity contribution in [1.29, 1.82) is 5.26 Å². The van der Waals surface area contributed by atoms with Crippen molar-refractivity contribution in [3.8, 4) is 11.8 Å². The Morgan fingerprint density at radius 3 is 2.57 bits per heavy atom. The third-order valence-electron chi connectivity index (χ3n) is 3.45. The molecule has 0 aromatic heterocycles. The molecule has 0 saturated carbocycles. The highest BCUT2D eigenvalue weighted by Gasteiger charge is 2.52. The lowest BCUT2D eigenvalue weighted by atomic mass is 9.93. The van der Waals surface area contributed by atoms with Crippen LogP contribution in [0.3, 0.4) is 0 Å². The average Bonchev–Trinajstić information content (AvgIpc) is 2.67. The standard InChI is InChI=1S/C16H19N3O4/c1-15(2,3)23-14(21)18-16(9-17)11-8-10(22-5)6-7-12(11)19(4)13(16)20/h6-8H,1-5H3,(H,18,21). The molecule has 1 aromatic rings. The van der Waals surface area contributed by atoms with E-state index in [1.165, 1.54) is 12.0 Å². The summed E-state index contributed by atoms with van der Waals surface area (Å²) >= 11 is 0. The summed E-state index contributed by atoms with van der Waals surface area (Å²) in [7, 11) is 3.03. The first-order valence-electron chi connectivity index (χ1n) is 7.03. The molecule has 7 heteroatoms. The largest absolute Gasteiger partial charge is 0.497 e. The second-order valence-electron chi connectivity index (χ2n) is 6.24. The molecule has 0 radical (unpaired) electrons. The Labute approximate surface area is 134 Å². The van der Waals surface area contributed by atoms with Crippen LogP contribution in [-0.2, 0) is 15.1 Å². The number of alkyl carbamates (subject to hydrolysis) is 1. The second kappa shape index (κ2) is 5.47. The number of benzene rings is 1. The normalized spacial score (nSPS) is 19.8. The van der Waals surface area contributed by atoms with Gasteiger partial charge in [0.2, 0.25) is 5.54 Å². The summed E-state index contributed by atoms with van der Waals surface area (Å²) in [6, 6.07) is 6.84. The quantitative estimate of drug-likeness (QED) is 0.899. The van der Waals surface area contributed by atoms with Crippen LogP contribution in [0.25, 0.3) is 0 Å². The molecule has 0 saturated heterocycles. The Morgan fingerprint density at radius 2 is 2.04 bits per heavy atom. The number of carbonyl (C=O) groups excluding carboxylic acids is 2. The number of rotatable bonds is 2. The number of nitrogens with one attached hydrogen (secondary N) is 1. The summed E-state index contributed by atoms with van der Waals surface area (Å²) < 4.78 is 10.3. The molecule has 1 aromatic carbocycles. The molecule has 1 unspecified atom stereocenters. The van der Waals surface area contributed by atoms with Gasteiger partial charge < -0.3 is 14.4 Å². The number of anilines is 1. The maximum atomic E-state index is 12.6. The predicted molar refractivity (Wildman–Crippen MR) is 83.1 cm³/mol. The van der Waals surface area contributed by atoms with Crippen molar-refractivity contribution in [1.82, 2.24) is 5.32 Å². The number of ether oxygens (including phenoxy) is 2. The Morgan fingerprint density at radius 1 is 1.39 bits per heavy atom. The molecule has 122 valence electrons. The van der Waals surface area contributed by atoms with Gasteiger partial charge in [0, 0.05) is 12.6 Å². The first kappa shape index (κ1) is 16.6. The zero-order valence-corrected chi connectivity index (χ0v) is 13.8. The average molecular weight is 317 g/mol. The lowest BCUT2D eigenvalue weighted by Crippen LogP contribution is -2.52. The monoisotopic (exact) mass is 317 g/mol. The number of nitrogens with zero attached hydrogens (tertiary/aromatic N) is 2. The molecule has 1 atom stereocenters. The molecule has 0 spiro atoms. The van der Waals surface area contributed by atoms with Gasteiger partial charge in [-0.15, -0.1) is 0 Å². The van der Waals surface area contributed by atoms with Crippen molar-refractivity contribution in [3.05, 3.63) is 23.8 Å². The number of hydrogen-bond donors (Lipinski definition) is 1. The van der Waals surface area contributed by atoms with Crippen LogP contribution in [0.2, 0.25) is 0 Å². The summed E-state index contributed by atoms with van der Waals surface area (Å²) in [5.41, 5.74) is -1.68. The molecule has 7 nitrogen and oxygen atoms in total. The van der Waals surface area contributed by atoms with Gasteiger partial charge in [0.05, 0.1) is 12.8 Å². The number of likely N-dealkylation sites (N-methyl/N-ethyl adjacent to an activating group) is 1. The summed E-state index contributed by atoms with van der Waals surface area (Å²) in [5, 5.41) is 12.1. The lowest BCUT2D eigenvalue weighted by Gasteiger charge is -2.25. The molecule has 2 amide bonds. The van der Waals surface area contributed by atoms with Crippen molar-refractivity contribution >= 4 is 17.7 Å². The van der Waals surface area contributed by atoms with E-state index >= 15 is 0 Å². The predicted octanol–water partition coefficient (Wildman–Crippen LogP) is 1.92. The Hall–Kier alpha value is -2.75. The fourth-order valence-electron chi connectivity index (χ4n) is 2.42. The molecule has 1 aliphatic heterocycles. The van der Waals surface area contributed by atoms with E-state index in [2.05, 4.69) is 5.32 Å². The van der Waals surface area contributed by atoms with Crippen LogP contribution in [0.5, 0.6) is 5.75 Å². The smallest absolute Gasteiger partial charge is 0.409 e. The molecule has 1 aliphatic rings. The molecule has 0 aliphatic carbocycles. The van der Waals surface area contributed by atoms with Crippen LogP contribution < -0.4 is 15.0 Å². The zero-order valence-electron chi connectivity index (χ0n) is 13.8. The first-order chi connectivity index (χ1) is 10.6. The van der Waals surface area contributed by atoms with E-state index in [0.717, 1.165) is 0 Å². The number of carbonyl (C=O) groups is 2. The zero-order chi connectivity index (χ0) is 17.4. The van der Waals surface area contributed by atoms with Gasteiger partial charge in [-0.3, -0.25) is 10.1 Å². The van der Waals surface area contributed by atoms with Gasteiger partial charge in [-0.05, 0) is 39.0 Å². The van der Waals surface area contributed by atoms with Crippen molar-refractivity contribution in [2.45, 2.75) is 31.9 Å². The van der Waals surface area contributed by atoms with Crippen molar-refractivity contribution < 1.29 is 19.1 Å². The number of fused-ring (bicyclic) bond motifs is 1. The van der Waals surface area contributed by atoms with E-state index in [1.807, 2.05) is 6.07 Å². The van der Waals surface area contributed by atoms with E-state index in [-0.39, 0.29) is 0 Å². The van der Waals surface area contributed by atoms with Crippen molar-refractivity contribution in [3.63, 3.8) is 0 Å². The summed E-state index contributed by atoms with van der Waals surface area (Å²) in [5.74, 6) is -0.0634. The fraction of sp³-hybridized carbons (Fsp3) is 0.438. The SMILES string of the molecule is COc1ccc2c(c1)C(C#N)(NC(=O)OC(C)(C)C)C(=O)N2C. The summed E-state index contributed by atoms with van der Waals surface area (Å²) in [6.45, 7) is 5.10. The van der Waals surface area contributed by atoms with Crippen LogP contribution in [-0.4, -0.2) is 31.8 Å². The minimum absolute atomic E-state index is 0.359. The lowest BCUT2D eigenvalue weighted by molar-refractivity contribution is -0.122. The number of methoxy groups -OCH3 is 1. The molecular formula is C16H19N3O4. The molecule has 2 rings (SSSR count). The van der Waals surface area contributed by atoms with E-state index < -0.39 is 23.1 Å². The van der Waals surface area contributed by atoms with Crippen molar-refractivity contribution in [2.24, 2.45) is 0 Å².